The molecule has 0 aromatic heterocycles. The quantitative estimate of drug-likeness (QED) is 0.263. The van der Waals surface area contributed by atoms with E-state index in [4.69, 9.17) is 14.2 Å². The van der Waals surface area contributed by atoms with Crippen molar-refractivity contribution in [3.8, 4) is 0 Å². The van der Waals surface area contributed by atoms with Crippen LogP contribution in [0.25, 0.3) is 0 Å². The molecule has 0 aromatic carbocycles. The summed E-state index contributed by atoms with van der Waals surface area (Å²) in [4.78, 5) is 14.0. The fourth-order valence-electron chi connectivity index (χ4n) is 1.26. The number of nitrogens with zero attached hydrogens (tertiary/aromatic N) is 1. The fourth-order valence-corrected chi connectivity index (χ4v) is 1.26. The van der Waals surface area contributed by atoms with Crippen LogP contribution in [0, 0.1) is 0 Å². The molecule has 6 heteroatoms. The molecule has 0 spiro atoms. The molecule has 0 aromatic rings. The van der Waals surface area contributed by atoms with Gasteiger partial charge in [0.25, 0.3) is 0 Å². The average molecular weight is 249 g/mol. The van der Waals surface area contributed by atoms with Gasteiger partial charge in [0.05, 0.1) is 0 Å². The molecule has 96 valence electrons. The molecule has 0 aliphatic carbocycles. The first-order valence-electron chi connectivity index (χ1n) is 5.15. The lowest BCUT2D eigenvalue weighted by atomic mass is 10.3. The fraction of sp³-hybridized carbons (Fsp3) is 0.900. The molecule has 0 heterocycles. The van der Waals surface area contributed by atoms with Crippen LogP contribution in [0.3, 0.4) is 0 Å². The Balaban J connectivity index is 0. The van der Waals surface area contributed by atoms with Crippen molar-refractivity contribution in [1.82, 2.24) is 0 Å². The van der Waals surface area contributed by atoms with E-state index in [0.717, 1.165) is 0 Å². The van der Waals surface area contributed by atoms with Crippen molar-refractivity contribution in [3.05, 3.63) is 0 Å². The van der Waals surface area contributed by atoms with E-state index in [1.165, 1.54) is 6.08 Å². The molecule has 1 atom stereocenters. The van der Waals surface area contributed by atoms with E-state index >= 15 is 0 Å². The van der Waals surface area contributed by atoms with Crippen molar-refractivity contribution in [2.75, 3.05) is 19.8 Å². The highest BCUT2D eigenvalue weighted by Gasteiger charge is 2.39. The molecule has 0 amide bonds. The molecular formula is C10H23NO4Si. The summed E-state index contributed by atoms with van der Waals surface area (Å²) in [5.41, 5.74) is 0. The molecule has 0 N–H and O–H groups in total. The van der Waals surface area contributed by atoms with Gasteiger partial charge < -0.3 is 14.2 Å². The van der Waals surface area contributed by atoms with Gasteiger partial charge in [-0.25, -0.2) is 4.79 Å². The summed E-state index contributed by atoms with van der Waals surface area (Å²) in [5.74, 6) is -1.36. The minimum Gasteiger partial charge on any atom is -0.371 e. The number of isocyanates is 1. The molecule has 0 saturated carbocycles. The van der Waals surface area contributed by atoms with Crippen LogP contribution in [0.15, 0.2) is 4.99 Å². The molecule has 0 bridgehead atoms. The van der Waals surface area contributed by atoms with Crippen molar-refractivity contribution in [1.29, 1.82) is 0 Å². The molecule has 0 fully saturated rings. The van der Waals surface area contributed by atoms with Crippen LogP contribution >= 0.6 is 0 Å². The van der Waals surface area contributed by atoms with Crippen LogP contribution in [0.4, 0.5) is 0 Å². The number of rotatable bonds is 8. The van der Waals surface area contributed by atoms with Gasteiger partial charge in [0.2, 0.25) is 6.08 Å². The van der Waals surface area contributed by atoms with E-state index in [1.807, 2.05) is 6.92 Å². The van der Waals surface area contributed by atoms with Gasteiger partial charge in [0.1, 0.15) is 6.10 Å². The minimum absolute atomic E-state index is 0. The maximum absolute atomic E-state index is 10.4. The molecule has 0 rings (SSSR count). The monoisotopic (exact) mass is 249 g/mol. The Morgan fingerprint density at radius 1 is 1.19 bits per heavy atom. The van der Waals surface area contributed by atoms with E-state index in [-0.39, 0.29) is 11.0 Å². The van der Waals surface area contributed by atoms with Crippen molar-refractivity contribution < 1.29 is 19.0 Å². The molecule has 0 radical (unpaired) electrons. The lowest BCUT2D eigenvalue weighted by Gasteiger charge is -2.32. The Labute approximate surface area is 101 Å². The molecular weight excluding hydrogens is 226 g/mol. The molecule has 5 nitrogen and oxygen atoms in total. The predicted octanol–water partition coefficient (Wildman–Crippen LogP) is 0.0224. The molecule has 1 unspecified atom stereocenters. The van der Waals surface area contributed by atoms with E-state index in [2.05, 4.69) is 4.99 Å². The van der Waals surface area contributed by atoms with Gasteiger partial charge in [-0.3, -0.25) is 0 Å². The maximum atomic E-state index is 10.4. The highest BCUT2D eigenvalue weighted by atomic mass is 28.1. The van der Waals surface area contributed by atoms with Gasteiger partial charge in [-0.15, -0.1) is 4.99 Å². The lowest BCUT2D eigenvalue weighted by Crippen LogP contribution is -2.46. The highest BCUT2D eigenvalue weighted by molar-refractivity contribution is 5.75. The topological polar surface area (TPSA) is 57.1 Å². The van der Waals surface area contributed by atoms with Crippen LogP contribution < -0.4 is 0 Å². The molecule has 16 heavy (non-hydrogen) atoms. The summed E-state index contributed by atoms with van der Waals surface area (Å²) in [7, 11) is 0. The van der Waals surface area contributed by atoms with Crippen molar-refractivity contribution in [3.63, 3.8) is 0 Å². The number of ether oxygens (including phenoxy) is 3. The lowest BCUT2D eigenvalue weighted by molar-refractivity contribution is -0.279. The second-order valence-electron chi connectivity index (χ2n) is 2.80. The first-order chi connectivity index (χ1) is 7.16. The van der Waals surface area contributed by atoms with E-state index in [9.17, 15) is 4.79 Å². The number of hydrogen-bond donors (Lipinski definition) is 0. The van der Waals surface area contributed by atoms with Crippen LogP contribution in [-0.2, 0) is 19.0 Å². The van der Waals surface area contributed by atoms with Crippen molar-refractivity contribution >= 4 is 17.0 Å². The zero-order chi connectivity index (χ0) is 11.7. The summed E-state index contributed by atoms with van der Waals surface area (Å²) in [5, 5.41) is 0. The third-order valence-electron chi connectivity index (χ3n) is 1.83. The van der Waals surface area contributed by atoms with E-state index in [1.54, 1.807) is 20.8 Å². The largest absolute Gasteiger partial charge is 0.371 e. The second kappa shape index (κ2) is 9.69. The van der Waals surface area contributed by atoms with Crippen LogP contribution in [0.1, 0.15) is 27.7 Å². The number of carbonyl (C=O) groups excluding carboxylic acids is 1. The van der Waals surface area contributed by atoms with Crippen LogP contribution in [0.2, 0.25) is 0 Å². The van der Waals surface area contributed by atoms with Gasteiger partial charge in [-0.05, 0) is 38.7 Å². The number of aliphatic imine (C=N–C) groups is 1. The Hall–Kier alpha value is -0.523. The van der Waals surface area contributed by atoms with Gasteiger partial charge in [0.15, 0.2) is 0 Å². The van der Waals surface area contributed by atoms with Crippen LogP contribution in [-0.4, -0.2) is 48.9 Å². The summed E-state index contributed by atoms with van der Waals surface area (Å²) in [6, 6.07) is 0. The third-order valence-corrected chi connectivity index (χ3v) is 1.83. The average Bonchev–Trinajstić information content (AvgIpc) is 2.19. The maximum Gasteiger partial charge on any atom is 0.307 e. The molecule has 0 aliphatic heterocycles. The summed E-state index contributed by atoms with van der Waals surface area (Å²) < 4.78 is 16.0. The Morgan fingerprint density at radius 3 is 2.00 bits per heavy atom. The first kappa shape index (κ1) is 17.9. The molecule has 0 saturated heterocycles. The van der Waals surface area contributed by atoms with E-state index < -0.39 is 12.0 Å². The second-order valence-corrected chi connectivity index (χ2v) is 2.80. The SMILES string of the molecule is CCOC(C)C(N=C=O)(OCC)OCC.[SiH4]. The Morgan fingerprint density at radius 2 is 1.69 bits per heavy atom. The number of hydrogen-bond acceptors (Lipinski definition) is 5. The van der Waals surface area contributed by atoms with Gasteiger partial charge >= 0.3 is 5.91 Å². The zero-order valence-corrected chi connectivity index (χ0v) is 9.78. The summed E-state index contributed by atoms with van der Waals surface area (Å²) in [6.45, 7) is 8.45. The van der Waals surface area contributed by atoms with Gasteiger partial charge in [-0.1, -0.05) is 0 Å². The highest BCUT2D eigenvalue weighted by Crippen LogP contribution is 2.22. The molecule has 0 aliphatic rings. The summed E-state index contributed by atoms with van der Waals surface area (Å²) >= 11 is 0. The standard InChI is InChI=1S/C10H19NO4.H4Si/c1-5-13-9(4)10(11-8-12,14-6-2)15-7-3;/h9H,5-7H2,1-4H3;1H4. The minimum atomic E-state index is -1.36. The summed E-state index contributed by atoms with van der Waals surface area (Å²) in [6.07, 6.45) is 1.01. The van der Waals surface area contributed by atoms with Crippen molar-refractivity contribution in [2.24, 2.45) is 4.99 Å². The predicted molar refractivity (Wildman–Crippen MR) is 66.5 cm³/mol. The van der Waals surface area contributed by atoms with E-state index in [0.29, 0.717) is 19.8 Å². The normalized spacial score (nSPS) is 12.5. The van der Waals surface area contributed by atoms with Crippen molar-refractivity contribution in [2.45, 2.75) is 39.7 Å². The van der Waals surface area contributed by atoms with Crippen LogP contribution in [0.5, 0.6) is 0 Å². The Kier molecular flexibility index (Phi) is 10.8. The third kappa shape index (κ3) is 5.00. The first-order valence-corrected chi connectivity index (χ1v) is 5.15. The zero-order valence-electron chi connectivity index (χ0n) is 9.78. The Bertz CT molecular complexity index is 213. The van der Waals surface area contributed by atoms with Gasteiger partial charge in [-0.2, -0.15) is 0 Å². The van der Waals surface area contributed by atoms with Gasteiger partial charge in [0, 0.05) is 19.8 Å². The smallest absolute Gasteiger partial charge is 0.307 e.